The van der Waals surface area contributed by atoms with Crippen LogP contribution in [0.4, 0.5) is 0 Å². The lowest BCUT2D eigenvalue weighted by Gasteiger charge is -2.34. The molecule has 1 aliphatic rings. The third-order valence-electron chi connectivity index (χ3n) is 4.44. The number of piperazine rings is 1. The zero-order chi connectivity index (χ0) is 17.6. The average Bonchev–Trinajstić information content (AvgIpc) is 3.20. The highest BCUT2D eigenvalue weighted by Gasteiger charge is 2.36. The Bertz CT molecular complexity index is 1030. The minimum atomic E-state index is -3.73. The van der Waals surface area contributed by atoms with Gasteiger partial charge in [-0.05, 0) is 13.0 Å². The molecule has 3 aromatic heterocycles. The first-order chi connectivity index (χ1) is 12.0. The molecule has 9 nitrogen and oxygen atoms in total. The van der Waals surface area contributed by atoms with Crippen molar-refractivity contribution in [1.82, 2.24) is 29.3 Å². The number of hydrogen-bond donors (Lipinski definition) is 1. The van der Waals surface area contributed by atoms with Crippen molar-refractivity contribution in [2.45, 2.75) is 17.9 Å². The highest BCUT2D eigenvalue weighted by atomic mass is 35.5. The summed E-state index contributed by atoms with van der Waals surface area (Å²) in [4.78, 5) is 8.56. The standard InChI is InChI=1S/C15H18N6O3S.ClH/c1-10-12-7-11(8-18-15(12)24-19-10)25(22,23)21-6-3-16-9-13(21)14-17-4-5-20(14)2;/h4-5,7-8,13,16H,3,6,9H2,1-2H3;1H. The summed E-state index contributed by atoms with van der Waals surface area (Å²) in [6, 6.07) is 1.19. The highest BCUT2D eigenvalue weighted by Crippen LogP contribution is 2.29. The lowest BCUT2D eigenvalue weighted by molar-refractivity contribution is 0.258. The number of imidazole rings is 1. The van der Waals surface area contributed by atoms with Crippen LogP contribution in [0.5, 0.6) is 0 Å². The SMILES string of the molecule is Cc1noc2ncc(S(=O)(=O)N3CCNCC3c3nccn3C)cc12.Cl. The summed E-state index contributed by atoms with van der Waals surface area (Å²) in [7, 11) is -1.88. The summed E-state index contributed by atoms with van der Waals surface area (Å²) in [5, 5.41) is 7.67. The summed E-state index contributed by atoms with van der Waals surface area (Å²) in [5.41, 5.74) is 0.943. The second-order valence-corrected chi connectivity index (χ2v) is 7.91. The van der Waals surface area contributed by atoms with Crippen LogP contribution >= 0.6 is 12.4 Å². The van der Waals surface area contributed by atoms with Gasteiger partial charge in [0.1, 0.15) is 10.7 Å². The van der Waals surface area contributed by atoms with Crippen LogP contribution in [0.25, 0.3) is 11.1 Å². The quantitative estimate of drug-likeness (QED) is 0.702. The van der Waals surface area contributed by atoms with Gasteiger partial charge in [0.25, 0.3) is 5.71 Å². The molecular formula is C15H19ClN6O3S. The van der Waals surface area contributed by atoms with Gasteiger partial charge < -0.3 is 14.4 Å². The third-order valence-corrected chi connectivity index (χ3v) is 6.32. The van der Waals surface area contributed by atoms with E-state index in [9.17, 15) is 8.42 Å². The van der Waals surface area contributed by atoms with Gasteiger partial charge in [-0.15, -0.1) is 12.4 Å². The van der Waals surface area contributed by atoms with Crippen molar-refractivity contribution in [3.63, 3.8) is 0 Å². The molecule has 1 atom stereocenters. The van der Waals surface area contributed by atoms with Crippen LogP contribution < -0.4 is 5.32 Å². The molecule has 0 amide bonds. The fourth-order valence-corrected chi connectivity index (χ4v) is 4.65. The molecule has 0 bridgehead atoms. The monoisotopic (exact) mass is 398 g/mol. The summed E-state index contributed by atoms with van der Waals surface area (Å²) in [6.07, 6.45) is 4.80. The summed E-state index contributed by atoms with van der Waals surface area (Å²) in [6.45, 7) is 3.21. The molecule has 0 aliphatic carbocycles. The van der Waals surface area contributed by atoms with E-state index in [0.29, 0.717) is 42.3 Å². The topological polar surface area (TPSA) is 106 Å². The van der Waals surface area contributed by atoms with Crippen LogP contribution in [-0.2, 0) is 17.1 Å². The molecule has 0 saturated carbocycles. The second-order valence-electron chi connectivity index (χ2n) is 6.02. The van der Waals surface area contributed by atoms with Crippen molar-refractivity contribution in [3.05, 3.63) is 36.2 Å². The van der Waals surface area contributed by atoms with Crippen LogP contribution in [0.15, 0.2) is 34.1 Å². The molecule has 0 radical (unpaired) electrons. The van der Waals surface area contributed by atoms with Gasteiger partial charge >= 0.3 is 0 Å². The van der Waals surface area contributed by atoms with E-state index in [1.165, 1.54) is 10.5 Å². The minimum Gasteiger partial charge on any atom is -0.337 e. The molecule has 1 aliphatic heterocycles. The molecule has 0 aromatic carbocycles. The molecule has 140 valence electrons. The van der Waals surface area contributed by atoms with Crippen LogP contribution in [0, 0.1) is 6.92 Å². The van der Waals surface area contributed by atoms with Gasteiger partial charge in [0.15, 0.2) is 0 Å². The van der Waals surface area contributed by atoms with E-state index in [1.54, 1.807) is 19.2 Å². The summed E-state index contributed by atoms with van der Waals surface area (Å²) >= 11 is 0. The van der Waals surface area contributed by atoms with Crippen LogP contribution in [0.3, 0.4) is 0 Å². The molecule has 11 heteroatoms. The van der Waals surface area contributed by atoms with E-state index in [-0.39, 0.29) is 23.3 Å². The second kappa shape index (κ2) is 6.95. The first-order valence-corrected chi connectivity index (χ1v) is 9.34. The van der Waals surface area contributed by atoms with E-state index in [0.717, 1.165) is 0 Å². The third kappa shape index (κ3) is 2.98. The Morgan fingerprint density at radius 3 is 2.88 bits per heavy atom. The molecule has 3 aromatic rings. The Labute approximate surface area is 156 Å². The Kier molecular flexibility index (Phi) is 5.02. The van der Waals surface area contributed by atoms with E-state index in [2.05, 4.69) is 20.4 Å². The Hall–Kier alpha value is -2.01. The number of rotatable bonds is 3. The molecule has 1 fully saturated rings. The van der Waals surface area contributed by atoms with Crippen molar-refractivity contribution in [2.24, 2.45) is 7.05 Å². The fraction of sp³-hybridized carbons (Fsp3) is 0.400. The van der Waals surface area contributed by atoms with Crippen molar-refractivity contribution in [2.75, 3.05) is 19.6 Å². The number of fused-ring (bicyclic) bond motifs is 1. The molecule has 1 saturated heterocycles. The number of sulfonamides is 1. The molecule has 4 heterocycles. The van der Waals surface area contributed by atoms with E-state index < -0.39 is 10.0 Å². The maximum Gasteiger partial charge on any atom is 0.257 e. The number of hydrogen-bond acceptors (Lipinski definition) is 7. The maximum atomic E-state index is 13.3. The predicted molar refractivity (Wildman–Crippen MR) is 96.5 cm³/mol. The number of nitrogens with zero attached hydrogens (tertiary/aromatic N) is 5. The van der Waals surface area contributed by atoms with Crippen molar-refractivity contribution in [1.29, 1.82) is 0 Å². The Morgan fingerprint density at radius 1 is 1.35 bits per heavy atom. The van der Waals surface area contributed by atoms with Gasteiger partial charge in [-0.25, -0.2) is 18.4 Å². The van der Waals surface area contributed by atoms with Crippen molar-refractivity contribution in [3.8, 4) is 0 Å². The van der Waals surface area contributed by atoms with Crippen LogP contribution in [0.2, 0.25) is 0 Å². The molecular weight excluding hydrogens is 380 g/mol. The van der Waals surface area contributed by atoms with Gasteiger partial charge in [-0.2, -0.15) is 4.31 Å². The predicted octanol–water partition coefficient (Wildman–Crippen LogP) is 1.02. The average molecular weight is 399 g/mol. The van der Waals surface area contributed by atoms with Crippen LogP contribution in [0.1, 0.15) is 17.6 Å². The van der Waals surface area contributed by atoms with E-state index in [1.807, 2.05) is 17.8 Å². The molecule has 0 spiro atoms. The Morgan fingerprint density at radius 2 is 2.15 bits per heavy atom. The highest BCUT2D eigenvalue weighted by molar-refractivity contribution is 7.89. The van der Waals surface area contributed by atoms with Gasteiger partial charge in [0.05, 0.1) is 23.3 Å². The van der Waals surface area contributed by atoms with Gasteiger partial charge in [-0.3, -0.25) is 0 Å². The van der Waals surface area contributed by atoms with E-state index in [4.69, 9.17) is 4.52 Å². The number of nitrogens with one attached hydrogen (secondary N) is 1. The summed E-state index contributed by atoms with van der Waals surface area (Å²) < 4.78 is 34.9. The summed E-state index contributed by atoms with van der Waals surface area (Å²) in [5.74, 6) is 0.700. The molecule has 4 rings (SSSR count). The zero-order valence-corrected chi connectivity index (χ0v) is 15.9. The van der Waals surface area contributed by atoms with E-state index >= 15 is 0 Å². The zero-order valence-electron chi connectivity index (χ0n) is 14.3. The lowest BCUT2D eigenvalue weighted by atomic mass is 10.2. The smallest absolute Gasteiger partial charge is 0.257 e. The first-order valence-electron chi connectivity index (χ1n) is 7.90. The Balaban J connectivity index is 0.00000196. The number of halogens is 1. The molecule has 1 N–H and O–H groups in total. The minimum absolute atomic E-state index is 0. The number of aryl methyl sites for hydroxylation is 2. The molecule has 1 unspecified atom stereocenters. The first kappa shape index (κ1) is 18.8. The van der Waals surface area contributed by atoms with Gasteiger partial charge in [0, 0.05) is 39.1 Å². The van der Waals surface area contributed by atoms with Crippen molar-refractivity contribution >= 4 is 33.5 Å². The maximum absolute atomic E-state index is 13.3. The van der Waals surface area contributed by atoms with Gasteiger partial charge in [-0.1, -0.05) is 5.16 Å². The number of aromatic nitrogens is 4. The van der Waals surface area contributed by atoms with Crippen molar-refractivity contribution < 1.29 is 12.9 Å². The lowest BCUT2D eigenvalue weighted by Crippen LogP contribution is -2.49. The largest absolute Gasteiger partial charge is 0.337 e. The van der Waals surface area contributed by atoms with Crippen LogP contribution in [-0.4, -0.2) is 52.0 Å². The van der Waals surface area contributed by atoms with Gasteiger partial charge in [0.2, 0.25) is 10.0 Å². The fourth-order valence-electron chi connectivity index (χ4n) is 3.09. The normalized spacial score (nSPS) is 18.8. The number of pyridine rings is 1. The molecule has 26 heavy (non-hydrogen) atoms.